The summed E-state index contributed by atoms with van der Waals surface area (Å²) < 4.78 is 0. The van der Waals surface area contributed by atoms with Crippen molar-refractivity contribution in [1.29, 1.82) is 0 Å². The molecule has 2 amide bonds. The molecule has 0 saturated carbocycles. The van der Waals surface area contributed by atoms with E-state index in [-0.39, 0.29) is 0 Å². The molecule has 0 atom stereocenters. The monoisotopic (exact) mass is 223 g/mol. The van der Waals surface area contributed by atoms with Gasteiger partial charge in [-0.05, 0) is 17.7 Å². The van der Waals surface area contributed by atoms with Gasteiger partial charge in [0.25, 0.3) is 0 Å². The van der Waals surface area contributed by atoms with Crippen molar-refractivity contribution in [3.8, 4) is 5.75 Å². The summed E-state index contributed by atoms with van der Waals surface area (Å²) in [7, 11) is 1.61. The van der Waals surface area contributed by atoms with Crippen molar-refractivity contribution in [1.82, 2.24) is 5.48 Å². The van der Waals surface area contributed by atoms with Crippen LogP contribution in [0, 0.1) is 0 Å². The maximum absolute atomic E-state index is 11.0. The lowest BCUT2D eigenvalue weighted by Gasteiger charge is -2.10. The van der Waals surface area contributed by atoms with Crippen LogP contribution in [0.1, 0.15) is 11.5 Å². The third kappa shape index (κ3) is 2.71. The van der Waals surface area contributed by atoms with Crippen LogP contribution in [-0.4, -0.2) is 18.9 Å². The lowest BCUT2D eigenvalue weighted by molar-refractivity contribution is -0.128. The second-order valence-corrected chi connectivity index (χ2v) is 3.11. The number of amides is 2. The average molecular weight is 223 g/mol. The zero-order chi connectivity index (χ0) is 12.1. The number of carbonyl (C=O) groups is 2. The number of primary amides is 2. The lowest BCUT2D eigenvalue weighted by atomic mass is 9.98. The Hall–Kier alpha value is -2.08. The molecule has 6 nitrogen and oxygen atoms in total. The van der Waals surface area contributed by atoms with Gasteiger partial charge in [-0.1, -0.05) is 12.1 Å². The highest BCUT2D eigenvalue weighted by Gasteiger charge is 2.23. The van der Waals surface area contributed by atoms with Crippen molar-refractivity contribution in [3.63, 3.8) is 0 Å². The van der Waals surface area contributed by atoms with Crippen molar-refractivity contribution in [2.75, 3.05) is 7.05 Å². The maximum atomic E-state index is 11.0. The van der Waals surface area contributed by atoms with Gasteiger partial charge in [-0.2, -0.15) is 5.48 Å². The number of rotatable bonds is 5. The molecule has 0 aliphatic carbocycles. The van der Waals surface area contributed by atoms with Crippen molar-refractivity contribution in [3.05, 3.63) is 29.8 Å². The Balaban J connectivity index is 2.94. The van der Waals surface area contributed by atoms with Gasteiger partial charge in [-0.3, -0.25) is 9.59 Å². The highest BCUT2D eigenvalue weighted by Crippen LogP contribution is 2.18. The zero-order valence-corrected chi connectivity index (χ0v) is 8.77. The van der Waals surface area contributed by atoms with Crippen molar-refractivity contribution < 1.29 is 14.4 Å². The Morgan fingerprint density at radius 1 is 1.19 bits per heavy atom. The molecule has 0 saturated heterocycles. The lowest BCUT2D eigenvalue weighted by Crippen LogP contribution is -2.33. The molecule has 86 valence electrons. The predicted molar refractivity (Wildman–Crippen MR) is 57.3 cm³/mol. The number of hydroxylamine groups is 1. The normalized spacial score (nSPS) is 10.1. The molecular formula is C10H13N3O3. The maximum Gasteiger partial charge on any atom is 0.234 e. The van der Waals surface area contributed by atoms with E-state index in [1.807, 2.05) is 0 Å². The molecule has 0 spiro atoms. The summed E-state index contributed by atoms with van der Waals surface area (Å²) in [6.07, 6.45) is 0. The quantitative estimate of drug-likeness (QED) is 0.451. The molecule has 0 unspecified atom stereocenters. The number of carbonyl (C=O) groups excluding carboxylic acids is 2. The molecule has 0 aliphatic rings. The molecule has 1 aromatic rings. The van der Waals surface area contributed by atoms with Crippen LogP contribution in [-0.2, 0) is 9.59 Å². The molecule has 0 fully saturated rings. The van der Waals surface area contributed by atoms with Gasteiger partial charge in [0.05, 0.1) is 0 Å². The van der Waals surface area contributed by atoms with Crippen LogP contribution < -0.4 is 21.8 Å². The summed E-state index contributed by atoms with van der Waals surface area (Å²) in [5.74, 6) is -2.09. The molecule has 16 heavy (non-hydrogen) atoms. The van der Waals surface area contributed by atoms with E-state index in [0.717, 1.165) is 0 Å². The first-order valence-corrected chi connectivity index (χ1v) is 4.58. The van der Waals surface area contributed by atoms with E-state index in [1.165, 1.54) is 0 Å². The van der Waals surface area contributed by atoms with E-state index < -0.39 is 17.7 Å². The fourth-order valence-corrected chi connectivity index (χ4v) is 1.31. The Labute approximate surface area is 92.5 Å². The van der Waals surface area contributed by atoms with Crippen LogP contribution in [0.15, 0.2) is 24.3 Å². The van der Waals surface area contributed by atoms with Crippen LogP contribution in [0.5, 0.6) is 5.75 Å². The second-order valence-electron chi connectivity index (χ2n) is 3.11. The molecule has 0 heterocycles. The van der Waals surface area contributed by atoms with Crippen LogP contribution in [0.25, 0.3) is 0 Å². The zero-order valence-electron chi connectivity index (χ0n) is 8.77. The van der Waals surface area contributed by atoms with Crippen molar-refractivity contribution >= 4 is 11.8 Å². The molecule has 6 heteroatoms. The topological polar surface area (TPSA) is 107 Å². The minimum atomic E-state index is -1.11. The van der Waals surface area contributed by atoms with E-state index in [1.54, 1.807) is 31.3 Å². The minimum Gasteiger partial charge on any atom is -0.409 e. The largest absolute Gasteiger partial charge is 0.409 e. The summed E-state index contributed by atoms with van der Waals surface area (Å²) in [6, 6.07) is 6.33. The fourth-order valence-electron chi connectivity index (χ4n) is 1.31. The van der Waals surface area contributed by atoms with Gasteiger partial charge in [-0.25, -0.2) is 0 Å². The Bertz CT molecular complexity index is 375. The van der Waals surface area contributed by atoms with Gasteiger partial charge in [0.1, 0.15) is 11.7 Å². The van der Waals surface area contributed by atoms with Gasteiger partial charge < -0.3 is 16.3 Å². The van der Waals surface area contributed by atoms with Gasteiger partial charge in [-0.15, -0.1) is 0 Å². The highest BCUT2D eigenvalue weighted by molar-refractivity contribution is 6.04. The summed E-state index contributed by atoms with van der Waals surface area (Å²) in [6.45, 7) is 0. The van der Waals surface area contributed by atoms with Crippen LogP contribution in [0.3, 0.4) is 0 Å². The molecule has 0 radical (unpaired) electrons. The van der Waals surface area contributed by atoms with E-state index in [9.17, 15) is 9.59 Å². The number of hydrogen-bond acceptors (Lipinski definition) is 4. The summed E-state index contributed by atoms with van der Waals surface area (Å²) in [5, 5.41) is 0. The average Bonchev–Trinajstić information content (AvgIpc) is 2.20. The Morgan fingerprint density at radius 2 is 1.69 bits per heavy atom. The predicted octanol–water partition coefficient (Wildman–Crippen LogP) is -0.746. The van der Waals surface area contributed by atoms with E-state index in [2.05, 4.69) is 5.48 Å². The first-order chi connectivity index (χ1) is 7.56. The number of nitrogens with two attached hydrogens (primary N) is 2. The molecular weight excluding hydrogens is 210 g/mol. The SMILES string of the molecule is CNOc1ccc(C(C(N)=O)C(N)=O)cc1. The smallest absolute Gasteiger partial charge is 0.234 e. The van der Waals surface area contributed by atoms with Crippen LogP contribution >= 0.6 is 0 Å². The van der Waals surface area contributed by atoms with E-state index in [0.29, 0.717) is 11.3 Å². The van der Waals surface area contributed by atoms with Gasteiger partial charge in [0, 0.05) is 7.05 Å². The first-order valence-electron chi connectivity index (χ1n) is 4.58. The van der Waals surface area contributed by atoms with E-state index >= 15 is 0 Å². The first kappa shape index (κ1) is 12.0. The number of benzene rings is 1. The minimum absolute atomic E-state index is 0.448. The molecule has 1 rings (SSSR count). The second kappa shape index (κ2) is 5.13. The molecule has 5 N–H and O–H groups in total. The number of hydrogen-bond donors (Lipinski definition) is 3. The third-order valence-electron chi connectivity index (χ3n) is 2.00. The number of nitrogens with one attached hydrogen (secondary N) is 1. The van der Waals surface area contributed by atoms with Gasteiger partial charge in [0.2, 0.25) is 11.8 Å². The highest BCUT2D eigenvalue weighted by atomic mass is 16.6. The standard InChI is InChI=1S/C10H13N3O3/c1-13-16-7-4-2-6(3-5-7)8(9(11)14)10(12)15/h2-5,8,13H,1H3,(H2,11,14)(H2,12,15). The molecule has 0 aromatic heterocycles. The summed E-state index contributed by atoms with van der Waals surface area (Å²) in [5.41, 5.74) is 13.1. The fraction of sp³-hybridized carbons (Fsp3) is 0.200. The molecule has 1 aromatic carbocycles. The summed E-state index contributed by atoms with van der Waals surface area (Å²) >= 11 is 0. The summed E-state index contributed by atoms with van der Waals surface area (Å²) in [4.78, 5) is 27.0. The van der Waals surface area contributed by atoms with E-state index in [4.69, 9.17) is 16.3 Å². The Kier molecular flexibility index (Phi) is 3.84. The Morgan fingerprint density at radius 3 is 2.06 bits per heavy atom. The van der Waals surface area contributed by atoms with Crippen molar-refractivity contribution in [2.24, 2.45) is 11.5 Å². The van der Waals surface area contributed by atoms with Crippen molar-refractivity contribution in [2.45, 2.75) is 5.92 Å². The van der Waals surface area contributed by atoms with Crippen LogP contribution in [0.4, 0.5) is 0 Å². The third-order valence-corrected chi connectivity index (χ3v) is 2.00. The van der Waals surface area contributed by atoms with Crippen LogP contribution in [0.2, 0.25) is 0 Å². The molecule has 0 aliphatic heterocycles. The molecule has 0 bridgehead atoms. The van der Waals surface area contributed by atoms with Gasteiger partial charge >= 0.3 is 0 Å². The van der Waals surface area contributed by atoms with Gasteiger partial charge in [0.15, 0.2) is 0 Å².